The molecule has 3 rings (SSSR count). The van der Waals surface area contributed by atoms with E-state index in [1.807, 2.05) is 0 Å². The van der Waals surface area contributed by atoms with Gasteiger partial charge in [0.25, 0.3) is 5.22 Å². The maximum atomic E-state index is 12.5. The molecule has 2 heterocycles. The number of carbonyl (C=O) groups excluding carboxylic acids is 1. The predicted molar refractivity (Wildman–Crippen MR) is 84.2 cm³/mol. The first-order valence-electron chi connectivity index (χ1n) is 7.15. The van der Waals surface area contributed by atoms with E-state index in [4.69, 9.17) is 4.42 Å². The molecule has 2 aromatic heterocycles. The predicted octanol–water partition coefficient (Wildman–Crippen LogP) is 2.46. The number of nitrogens with one attached hydrogen (secondary N) is 1. The van der Waals surface area contributed by atoms with Crippen molar-refractivity contribution in [3.05, 3.63) is 48.4 Å². The molecule has 8 nitrogen and oxygen atoms in total. The standard InChI is InChI=1S/C14H11F3N6O2S/c15-14(16,17)9-1-3-10(4-2-9)20-11(24)6-26-13-22-21-12(25-13)5-23-8-18-7-19-23/h1-4,7-8H,5-6H2,(H,20,24). The molecule has 0 unspecified atom stereocenters. The molecule has 0 saturated carbocycles. The number of halogens is 3. The Kier molecular flexibility index (Phi) is 5.21. The van der Waals surface area contributed by atoms with Crippen molar-refractivity contribution in [2.75, 3.05) is 11.1 Å². The molecule has 12 heteroatoms. The highest BCUT2D eigenvalue weighted by molar-refractivity contribution is 7.99. The fourth-order valence-corrected chi connectivity index (χ4v) is 2.46. The van der Waals surface area contributed by atoms with E-state index in [0.29, 0.717) is 5.89 Å². The van der Waals surface area contributed by atoms with Gasteiger partial charge in [-0.05, 0) is 24.3 Å². The lowest BCUT2D eigenvalue weighted by Gasteiger charge is -2.08. The van der Waals surface area contributed by atoms with Crippen molar-refractivity contribution in [3.8, 4) is 0 Å². The van der Waals surface area contributed by atoms with Gasteiger partial charge in [0.1, 0.15) is 19.2 Å². The Bertz CT molecular complexity index is 864. The molecule has 0 atom stereocenters. The number of amides is 1. The third-order valence-corrected chi connectivity index (χ3v) is 3.85. The molecule has 136 valence electrons. The van der Waals surface area contributed by atoms with Crippen LogP contribution >= 0.6 is 11.8 Å². The second-order valence-electron chi connectivity index (χ2n) is 4.97. The number of thioether (sulfide) groups is 1. The highest BCUT2D eigenvalue weighted by Crippen LogP contribution is 2.29. The first kappa shape index (κ1) is 17.9. The molecule has 0 spiro atoms. The number of alkyl halides is 3. The van der Waals surface area contributed by atoms with Crippen LogP contribution in [-0.2, 0) is 17.5 Å². The molecule has 1 aromatic carbocycles. The average Bonchev–Trinajstić information content (AvgIpc) is 3.25. The zero-order valence-corrected chi connectivity index (χ0v) is 13.8. The molecular weight excluding hydrogens is 373 g/mol. The van der Waals surface area contributed by atoms with Crippen LogP contribution in [0.25, 0.3) is 0 Å². The van der Waals surface area contributed by atoms with Gasteiger partial charge in [0, 0.05) is 5.69 Å². The first-order chi connectivity index (χ1) is 12.4. The molecule has 0 bridgehead atoms. The quantitative estimate of drug-likeness (QED) is 0.652. The molecule has 26 heavy (non-hydrogen) atoms. The van der Waals surface area contributed by atoms with Gasteiger partial charge in [-0.1, -0.05) is 11.8 Å². The average molecular weight is 384 g/mol. The van der Waals surface area contributed by atoms with Crippen LogP contribution in [0.5, 0.6) is 0 Å². The molecule has 0 radical (unpaired) electrons. The Morgan fingerprint density at radius 3 is 2.65 bits per heavy atom. The molecule has 3 aromatic rings. The Hall–Kier alpha value is -2.89. The van der Waals surface area contributed by atoms with Gasteiger partial charge in [0.05, 0.1) is 11.3 Å². The molecule has 1 N–H and O–H groups in total. The van der Waals surface area contributed by atoms with Crippen LogP contribution in [0.1, 0.15) is 11.5 Å². The summed E-state index contributed by atoms with van der Waals surface area (Å²) in [6.45, 7) is 0.255. The summed E-state index contributed by atoms with van der Waals surface area (Å²) in [7, 11) is 0. The summed E-state index contributed by atoms with van der Waals surface area (Å²) in [6.07, 6.45) is -1.55. The summed E-state index contributed by atoms with van der Waals surface area (Å²) in [5.41, 5.74) is -0.517. The lowest BCUT2D eigenvalue weighted by Crippen LogP contribution is -2.14. The Balaban J connectivity index is 1.49. The van der Waals surface area contributed by atoms with E-state index in [0.717, 1.165) is 23.9 Å². The van der Waals surface area contributed by atoms with Crippen molar-refractivity contribution in [1.29, 1.82) is 0 Å². The SMILES string of the molecule is O=C(CSc1nnc(Cn2cncn2)o1)Nc1ccc(C(F)(F)F)cc1. The highest BCUT2D eigenvalue weighted by atomic mass is 32.2. The van der Waals surface area contributed by atoms with Crippen molar-refractivity contribution in [1.82, 2.24) is 25.0 Å². The summed E-state index contributed by atoms with van der Waals surface area (Å²) >= 11 is 1.01. The van der Waals surface area contributed by atoms with Crippen molar-refractivity contribution in [2.24, 2.45) is 0 Å². The highest BCUT2D eigenvalue weighted by Gasteiger charge is 2.29. The van der Waals surface area contributed by atoms with Crippen LogP contribution in [0.3, 0.4) is 0 Å². The minimum absolute atomic E-state index is 0.0357. The third-order valence-electron chi connectivity index (χ3n) is 3.03. The second-order valence-corrected chi connectivity index (χ2v) is 5.89. The summed E-state index contributed by atoms with van der Waals surface area (Å²) in [5.74, 6) is -0.140. The molecule has 0 saturated heterocycles. The molecule has 0 aliphatic rings. The van der Waals surface area contributed by atoms with Crippen LogP contribution in [0, 0.1) is 0 Å². The van der Waals surface area contributed by atoms with Crippen LogP contribution in [0.15, 0.2) is 46.6 Å². The lowest BCUT2D eigenvalue weighted by molar-refractivity contribution is -0.137. The number of nitrogens with zero attached hydrogens (tertiary/aromatic N) is 5. The van der Waals surface area contributed by atoms with E-state index < -0.39 is 17.6 Å². The Morgan fingerprint density at radius 2 is 2.00 bits per heavy atom. The largest absolute Gasteiger partial charge is 0.416 e. The molecule has 0 aliphatic heterocycles. The van der Waals surface area contributed by atoms with Crippen molar-refractivity contribution < 1.29 is 22.4 Å². The fourth-order valence-electron chi connectivity index (χ4n) is 1.88. The van der Waals surface area contributed by atoms with Gasteiger partial charge in [0.2, 0.25) is 11.8 Å². The van der Waals surface area contributed by atoms with Gasteiger partial charge in [-0.15, -0.1) is 10.2 Å². The van der Waals surface area contributed by atoms with Gasteiger partial charge >= 0.3 is 6.18 Å². The summed E-state index contributed by atoms with van der Waals surface area (Å²) in [6, 6.07) is 4.18. The fraction of sp³-hybridized carbons (Fsp3) is 0.214. The minimum atomic E-state index is -4.42. The van der Waals surface area contributed by atoms with Crippen LogP contribution in [0.4, 0.5) is 18.9 Å². The number of aromatic nitrogens is 5. The maximum Gasteiger partial charge on any atom is 0.416 e. The van der Waals surface area contributed by atoms with E-state index in [1.165, 1.54) is 29.5 Å². The number of hydrogen-bond donors (Lipinski definition) is 1. The summed E-state index contributed by atoms with van der Waals surface area (Å²) < 4.78 is 44.3. The maximum absolute atomic E-state index is 12.5. The summed E-state index contributed by atoms with van der Waals surface area (Å²) in [4.78, 5) is 15.6. The number of carbonyl (C=O) groups is 1. The third kappa shape index (κ3) is 4.81. The minimum Gasteiger partial charge on any atom is -0.414 e. The number of hydrogen-bond acceptors (Lipinski definition) is 7. The number of benzene rings is 1. The van der Waals surface area contributed by atoms with Crippen molar-refractivity contribution in [2.45, 2.75) is 17.9 Å². The normalized spacial score (nSPS) is 11.5. The van der Waals surface area contributed by atoms with E-state index in [1.54, 1.807) is 0 Å². The molecular formula is C14H11F3N6O2S. The van der Waals surface area contributed by atoms with Crippen LogP contribution in [-0.4, -0.2) is 36.6 Å². The van der Waals surface area contributed by atoms with E-state index in [2.05, 4.69) is 25.6 Å². The van der Waals surface area contributed by atoms with Gasteiger partial charge in [-0.25, -0.2) is 9.67 Å². The molecule has 0 fully saturated rings. The zero-order valence-electron chi connectivity index (χ0n) is 13.0. The van der Waals surface area contributed by atoms with Gasteiger partial charge in [-0.3, -0.25) is 4.79 Å². The van der Waals surface area contributed by atoms with E-state index >= 15 is 0 Å². The molecule has 0 aliphatic carbocycles. The molecule has 1 amide bonds. The van der Waals surface area contributed by atoms with E-state index in [-0.39, 0.29) is 23.2 Å². The monoisotopic (exact) mass is 384 g/mol. The van der Waals surface area contributed by atoms with Crippen LogP contribution < -0.4 is 5.32 Å². The smallest absolute Gasteiger partial charge is 0.414 e. The number of anilines is 1. The van der Waals surface area contributed by atoms with E-state index in [9.17, 15) is 18.0 Å². The van der Waals surface area contributed by atoms with Gasteiger partial charge in [-0.2, -0.15) is 18.3 Å². The number of rotatable bonds is 6. The van der Waals surface area contributed by atoms with Crippen molar-refractivity contribution >= 4 is 23.4 Å². The Morgan fingerprint density at radius 1 is 1.23 bits per heavy atom. The lowest BCUT2D eigenvalue weighted by atomic mass is 10.2. The van der Waals surface area contributed by atoms with Gasteiger partial charge < -0.3 is 9.73 Å². The van der Waals surface area contributed by atoms with Crippen molar-refractivity contribution in [3.63, 3.8) is 0 Å². The van der Waals surface area contributed by atoms with Crippen LogP contribution in [0.2, 0.25) is 0 Å². The Labute approximate surface area is 148 Å². The zero-order chi connectivity index (χ0) is 18.6. The second kappa shape index (κ2) is 7.56. The first-order valence-corrected chi connectivity index (χ1v) is 8.13. The van der Waals surface area contributed by atoms with Gasteiger partial charge in [0.15, 0.2) is 0 Å². The summed E-state index contributed by atoms with van der Waals surface area (Å²) in [5, 5.41) is 14.2. The topological polar surface area (TPSA) is 98.7 Å².